The van der Waals surface area contributed by atoms with Gasteiger partial charge in [-0.3, -0.25) is 10.5 Å². The molecule has 0 aliphatic heterocycles. The molecule has 3 heteroatoms. The zero-order valence-electron chi connectivity index (χ0n) is 5.85. The molecule has 0 bridgehead atoms. The molecular formula is C6H13N2O. The quantitative estimate of drug-likeness (QED) is 0.590. The predicted molar refractivity (Wildman–Crippen MR) is 35.5 cm³/mol. The monoisotopic (exact) mass is 129 g/mol. The Hall–Kier alpha value is -0.570. The molecule has 0 aliphatic rings. The lowest BCUT2D eigenvalue weighted by atomic mass is 10.0. The number of rotatable bonds is 3. The molecular weight excluding hydrogens is 116 g/mol. The van der Waals surface area contributed by atoms with Crippen molar-refractivity contribution in [1.29, 1.82) is 0 Å². The standard InChI is InChI=1S/C6H13N2O/c1-4(2)3-5(7)6(8)9/h4-5,8H,3,7H2,1-2H3. The number of amides is 1. The van der Waals surface area contributed by atoms with Gasteiger partial charge >= 0.3 is 0 Å². The highest BCUT2D eigenvalue weighted by Crippen LogP contribution is 2.01. The molecule has 0 spiro atoms. The molecule has 0 fully saturated rings. The summed E-state index contributed by atoms with van der Waals surface area (Å²) in [5.41, 5.74) is 11.9. The minimum atomic E-state index is -0.663. The first-order valence-electron chi connectivity index (χ1n) is 3.05. The van der Waals surface area contributed by atoms with Crippen molar-refractivity contribution in [2.75, 3.05) is 0 Å². The SMILES string of the molecule is CC(C)CC(N)C([NH])=O. The molecule has 0 aromatic rings. The molecule has 1 unspecified atom stereocenters. The maximum absolute atomic E-state index is 10.2. The Bertz CT molecular complexity index is 101. The van der Waals surface area contributed by atoms with Gasteiger partial charge in [0.15, 0.2) is 0 Å². The van der Waals surface area contributed by atoms with E-state index in [1.54, 1.807) is 0 Å². The summed E-state index contributed by atoms with van der Waals surface area (Å²) in [4.78, 5) is 10.2. The van der Waals surface area contributed by atoms with Gasteiger partial charge < -0.3 is 5.73 Å². The van der Waals surface area contributed by atoms with Gasteiger partial charge in [-0.2, -0.15) is 0 Å². The largest absolute Gasteiger partial charge is 0.320 e. The number of hydrogen-bond acceptors (Lipinski definition) is 2. The molecule has 53 valence electrons. The Morgan fingerprint density at radius 3 is 2.22 bits per heavy atom. The van der Waals surface area contributed by atoms with Crippen LogP contribution in [0, 0.1) is 5.92 Å². The molecule has 1 radical (unpaired) electrons. The van der Waals surface area contributed by atoms with Crippen LogP contribution in [0.25, 0.3) is 0 Å². The van der Waals surface area contributed by atoms with Crippen molar-refractivity contribution in [1.82, 2.24) is 5.73 Å². The van der Waals surface area contributed by atoms with Crippen molar-refractivity contribution in [3.63, 3.8) is 0 Å². The predicted octanol–water partition coefficient (Wildman–Crippen LogP) is 0.169. The molecule has 1 amide bonds. The molecule has 3 N–H and O–H groups in total. The molecule has 1 atom stereocenters. The third-order valence-electron chi connectivity index (χ3n) is 1.06. The molecule has 0 heterocycles. The average molecular weight is 129 g/mol. The highest BCUT2D eigenvalue weighted by molar-refractivity contribution is 5.78. The Kier molecular flexibility index (Phi) is 3.24. The van der Waals surface area contributed by atoms with E-state index in [1.807, 2.05) is 13.8 Å². The average Bonchev–Trinajstić information content (AvgIpc) is 1.63. The van der Waals surface area contributed by atoms with E-state index in [0.717, 1.165) is 0 Å². The summed E-state index contributed by atoms with van der Waals surface area (Å²) in [5.74, 6) is -0.266. The van der Waals surface area contributed by atoms with Gasteiger partial charge in [-0.25, -0.2) is 0 Å². The van der Waals surface area contributed by atoms with E-state index in [1.165, 1.54) is 0 Å². The van der Waals surface area contributed by atoms with Crippen LogP contribution in [0.3, 0.4) is 0 Å². The van der Waals surface area contributed by atoms with E-state index in [2.05, 4.69) is 0 Å². The van der Waals surface area contributed by atoms with E-state index in [-0.39, 0.29) is 0 Å². The first kappa shape index (κ1) is 8.43. The fourth-order valence-electron chi connectivity index (χ4n) is 0.615. The lowest BCUT2D eigenvalue weighted by molar-refractivity contribution is -0.120. The number of nitrogens with two attached hydrogens (primary N) is 1. The van der Waals surface area contributed by atoms with E-state index < -0.39 is 11.9 Å². The number of carbonyl (C=O) groups excluding carboxylic acids is 1. The minimum Gasteiger partial charge on any atom is -0.320 e. The molecule has 9 heavy (non-hydrogen) atoms. The zero-order chi connectivity index (χ0) is 7.44. The molecule has 0 aromatic carbocycles. The Labute approximate surface area is 55.4 Å². The zero-order valence-corrected chi connectivity index (χ0v) is 5.85. The van der Waals surface area contributed by atoms with Crippen LogP contribution in [0.2, 0.25) is 0 Å². The highest BCUT2D eigenvalue weighted by Gasteiger charge is 2.10. The molecule has 3 nitrogen and oxygen atoms in total. The van der Waals surface area contributed by atoms with E-state index in [0.29, 0.717) is 12.3 Å². The summed E-state index contributed by atoms with van der Waals surface area (Å²) in [6.45, 7) is 3.95. The van der Waals surface area contributed by atoms with Crippen LogP contribution in [-0.2, 0) is 4.79 Å². The summed E-state index contributed by atoms with van der Waals surface area (Å²) >= 11 is 0. The number of carbonyl (C=O) groups is 1. The van der Waals surface area contributed by atoms with Crippen molar-refractivity contribution < 1.29 is 4.79 Å². The molecule has 0 aliphatic carbocycles. The molecule has 0 saturated heterocycles. The Morgan fingerprint density at radius 1 is 1.67 bits per heavy atom. The minimum absolute atomic E-state index is 0.397. The second-order valence-corrected chi connectivity index (χ2v) is 2.60. The fourth-order valence-corrected chi connectivity index (χ4v) is 0.615. The maximum atomic E-state index is 10.2. The van der Waals surface area contributed by atoms with Crippen LogP contribution in [0.1, 0.15) is 20.3 Å². The summed E-state index contributed by atoms with van der Waals surface area (Å²) in [6, 6.07) is -0.579. The van der Waals surface area contributed by atoms with Crippen LogP contribution in [0.4, 0.5) is 0 Å². The van der Waals surface area contributed by atoms with Gasteiger partial charge in [-0.1, -0.05) is 13.8 Å². The third-order valence-corrected chi connectivity index (χ3v) is 1.06. The van der Waals surface area contributed by atoms with Gasteiger partial charge in [0.2, 0.25) is 0 Å². The van der Waals surface area contributed by atoms with Gasteiger partial charge in [-0.05, 0) is 12.3 Å². The number of hydrogen-bond donors (Lipinski definition) is 1. The van der Waals surface area contributed by atoms with Crippen LogP contribution >= 0.6 is 0 Å². The van der Waals surface area contributed by atoms with Crippen LogP contribution < -0.4 is 11.5 Å². The Morgan fingerprint density at radius 2 is 2.11 bits per heavy atom. The summed E-state index contributed by atoms with van der Waals surface area (Å²) in [7, 11) is 0. The van der Waals surface area contributed by atoms with Gasteiger partial charge in [0.05, 0.1) is 6.04 Å². The first-order valence-corrected chi connectivity index (χ1v) is 3.05. The second kappa shape index (κ2) is 3.45. The number of nitrogens with one attached hydrogen (secondary N) is 1. The normalized spacial score (nSPS) is 13.8. The van der Waals surface area contributed by atoms with E-state index in [4.69, 9.17) is 11.5 Å². The molecule has 0 saturated carbocycles. The van der Waals surface area contributed by atoms with Crippen molar-refractivity contribution >= 4 is 5.91 Å². The summed E-state index contributed by atoms with van der Waals surface area (Å²) in [6.07, 6.45) is 0.613. The summed E-state index contributed by atoms with van der Waals surface area (Å²) < 4.78 is 0. The lowest BCUT2D eigenvalue weighted by Crippen LogP contribution is -2.32. The van der Waals surface area contributed by atoms with Crippen LogP contribution in [-0.4, -0.2) is 11.9 Å². The van der Waals surface area contributed by atoms with E-state index >= 15 is 0 Å². The van der Waals surface area contributed by atoms with Crippen molar-refractivity contribution in [3.05, 3.63) is 0 Å². The highest BCUT2D eigenvalue weighted by atomic mass is 16.1. The van der Waals surface area contributed by atoms with Crippen molar-refractivity contribution in [2.24, 2.45) is 11.7 Å². The Balaban J connectivity index is 3.50. The van der Waals surface area contributed by atoms with Gasteiger partial charge in [0.25, 0.3) is 5.91 Å². The maximum Gasteiger partial charge on any atom is 0.255 e. The topological polar surface area (TPSA) is 66.9 Å². The first-order chi connectivity index (χ1) is 4.04. The molecule has 0 rings (SSSR count). The van der Waals surface area contributed by atoms with E-state index in [9.17, 15) is 4.79 Å². The molecule has 0 aromatic heterocycles. The van der Waals surface area contributed by atoms with Gasteiger partial charge in [0, 0.05) is 0 Å². The summed E-state index contributed by atoms with van der Waals surface area (Å²) in [5, 5.41) is 0. The lowest BCUT2D eigenvalue weighted by Gasteiger charge is -2.07. The van der Waals surface area contributed by atoms with Crippen LogP contribution in [0.15, 0.2) is 0 Å². The van der Waals surface area contributed by atoms with Gasteiger partial charge in [-0.15, -0.1) is 0 Å². The second-order valence-electron chi connectivity index (χ2n) is 2.60. The smallest absolute Gasteiger partial charge is 0.255 e. The third kappa shape index (κ3) is 3.97. The van der Waals surface area contributed by atoms with Gasteiger partial charge in [0.1, 0.15) is 0 Å². The van der Waals surface area contributed by atoms with Crippen LogP contribution in [0.5, 0.6) is 0 Å². The van der Waals surface area contributed by atoms with Crippen molar-refractivity contribution in [3.8, 4) is 0 Å². The van der Waals surface area contributed by atoms with Crippen molar-refractivity contribution in [2.45, 2.75) is 26.3 Å². The fraction of sp³-hybridized carbons (Fsp3) is 0.833.